The van der Waals surface area contributed by atoms with E-state index >= 15 is 0 Å². The molecule has 0 bridgehead atoms. The number of hydrogen-bond donors (Lipinski definition) is 1. The minimum atomic E-state index is 0.852. The van der Waals surface area contributed by atoms with Crippen molar-refractivity contribution in [2.45, 2.75) is 13.8 Å². The van der Waals surface area contributed by atoms with Gasteiger partial charge < -0.3 is 5.32 Å². The molecule has 0 amide bonds. The Morgan fingerprint density at radius 3 is 2.37 bits per heavy atom. The van der Waals surface area contributed by atoms with E-state index in [1.807, 2.05) is 6.07 Å². The van der Waals surface area contributed by atoms with Crippen LogP contribution in [0.25, 0.3) is 21.5 Å². The van der Waals surface area contributed by atoms with Crippen LogP contribution in [0.5, 0.6) is 0 Å². The Hall–Kier alpha value is -1.73. The Labute approximate surface area is 118 Å². The smallest absolute Gasteiger partial charge is 0.0566 e. The molecule has 0 saturated heterocycles. The summed E-state index contributed by atoms with van der Waals surface area (Å²) in [4.78, 5) is 0. The van der Waals surface area contributed by atoms with E-state index in [0.29, 0.717) is 0 Å². The van der Waals surface area contributed by atoms with Crippen LogP contribution in [0.3, 0.4) is 0 Å². The highest BCUT2D eigenvalue weighted by Crippen LogP contribution is 2.40. The lowest BCUT2D eigenvalue weighted by atomic mass is 9.98. The number of halogens is 1. The number of anilines is 1. The normalized spacial score (nSPS) is 11.1. The molecule has 0 aliphatic carbocycles. The molecular weight excluding hydrogens is 254 g/mol. The molecule has 1 N–H and O–H groups in total. The summed E-state index contributed by atoms with van der Waals surface area (Å²) < 4.78 is 0. The highest BCUT2D eigenvalue weighted by molar-refractivity contribution is 6.42. The molecule has 1 nitrogen and oxygen atoms in total. The summed E-state index contributed by atoms with van der Waals surface area (Å²) in [6.07, 6.45) is 0. The zero-order chi connectivity index (χ0) is 13.4. The average molecular weight is 270 g/mol. The maximum atomic E-state index is 6.62. The van der Waals surface area contributed by atoms with Gasteiger partial charge in [-0.1, -0.05) is 54.1 Å². The molecule has 0 radical (unpaired) electrons. The van der Waals surface area contributed by atoms with E-state index < -0.39 is 0 Å². The number of benzene rings is 3. The van der Waals surface area contributed by atoms with Gasteiger partial charge in [0.15, 0.2) is 0 Å². The van der Waals surface area contributed by atoms with Crippen molar-refractivity contribution < 1.29 is 0 Å². The molecule has 0 saturated carbocycles. The number of rotatable bonds is 2. The van der Waals surface area contributed by atoms with Gasteiger partial charge in [0.05, 0.1) is 10.7 Å². The molecule has 19 heavy (non-hydrogen) atoms. The zero-order valence-electron chi connectivity index (χ0n) is 11.1. The third-order valence-corrected chi connectivity index (χ3v) is 3.94. The van der Waals surface area contributed by atoms with Crippen molar-refractivity contribution in [3.63, 3.8) is 0 Å². The Bertz CT molecular complexity index is 762. The number of nitrogens with one attached hydrogen (secondary N) is 1. The second-order valence-electron chi connectivity index (χ2n) is 4.76. The van der Waals surface area contributed by atoms with Crippen molar-refractivity contribution >= 4 is 38.8 Å². The third-order valence-electron chi connectivity index (χ3n) is 3.55. The monoisotopic (exact) mass is 269 g/mol. The van der Waals surface area contributed by atoms with E-state index in [1.165, 1.54) is 22.0 Å². The predicted octanol–water partition coefficient (Wildman–Crippen LogP) is 5.39. The second kappa shape index (κ2) is 4.75. The number of aryl methyl sites for hydroxylation is 1. The van der Waals surface area contributed by atoms with Crippen LogP contribution in [-0.4, -0.2) is 6.54 Å². The quantitative estimate of drug-likeness (QED) is 0.615. The van der Waals surface area contributed by atoms with Gasteiger partial charge in [0, 0.05) is 28.1 Å². The maximum absolute atomic E-state index is 6.62. The van der Waals surface area contributed by atoms with Crippen LogP contribution in [0.15, 0.2) is 42.5 Å². The molecule has 0 unspecified atom stereocenters. The molecule has 3 aromatic rings. The molecule has 0 fully saturated rings. The molecular formula is C17H16ClN. The standard InChI is InChI=1S/C17H16ClN/c1-3-19-17-13-9-5-4-8-12(13)16(18)15-11(2)7-6-10-14(15)17/h4-10,19H,3H2,1-2H3. The van der Waals surface area contributed by atoms with E-state index in [-0.39, 0.29) is 0 Å². The van der Waals surface area contributed by atoms with Crippen LogP contribution in [0.4, 0.5) is 5.69 Å². The summed E-state index contributed by atoms with van der Waals surface area (Å²) >= 11 is 6.62. The molecule has 0 aliphatic heterocycles. The lowest BCUT2D eigenvalue weighted by molar-refractivity contribution is 1.22. The molecule has 0 aromatic heterocycles. The van der Waals surface area contributed by atoms with Gasteiger partial charge in [-0.15, -0.1) is 0 Å². The van der Waals surface area contributed by atoms with Crippen molar-refractivity contribution in [1.82, 2.24) is 0 Å². The Kier molecular flexibility index (Phi) is 3.08. The van der Waals surface area contributed by atoms with Gasteiger partial charge >= 0.3 is 0 Å². The van der Waals surface area contributed by atoms with Crippen molar-refractivity contribution in [2.24, 2.45) is 0 Å². The van der Waals surface area contributed by atoms with Gasteiger partial charge in [0.25, 0.3) is 0 Å². The van der Waals surface area contributed by atoms with Crippen LogP contribution >= 0.6 is 11.6 Å². The summed E-state index contributed by atoms with van der Waals surface area (Å²) in [5.41, 5.74) is 2.40. The lowest BCUT2D eigenvalue weighted by Crippen LogP contribution is -1.99. The average Bonchev–Trinajstić information content (AvgIpc) is 2.43. The fraction of sp³-hybridized carbons (Fsp3) is 0.176. The third kappa shape index (κ3) is 1.85. The van der Waals surface area contributed by atoms with E-state index in [1.54, 1.807) is 0 Å². The first-order chi connectivity index (χ1) is 9.24. The minimum absolute atomic E-state index is 0.852. The Balaban J connectivity index is 2.58. The van der Waals surface area contributed by atoms with Gasteiger partial charge in [-0.3, -0.25) is 0 Å². The van der Waals surface area contributed by atoms with E-state index in [9.17, 15) is 0 Å². The van der Waals surface area contributed by atoms with Crippen LogP contribution in [0.2, 0.25) is 5.02 Å². The van der Waals surface area contributed by atoms with Crippen molar-refractivity contribution in [1.29, 1.82) is 0 Å². The highest BCUT2D eigenvalue weighted by Gasteiger charge is 2.12. The highest BCUT2D eigenvalue weighted by atomic mass is 35.5. The van der Waals surface area contributed by atoms with Gasteiger partial charge in [-0.2, -0.15) is 0 Å². The van der Waals surface area contributed by atoms with Gasteiger partial charge in [-0.05, 0) is 19.4 Å². The maximum Gasteiger partial charge on any atom is 0.0566 e. The van der Waals surface area contributed by atoms with Crippen molar-refractivity contribution in [3.8, 4) is 0 Å². The summed E-state index contributed by atoms with van der Waals surface area (Å²) in [6.45, 7) is 5.12. The zero-order valence-corrected chi connectivity index (χ0v) is 11.9. The van der Waals surface area contributed by atoms with E-state index in [2.05, 4.69) is 55.6 Å². The van der Waals surface area contributed by atoms with Crippen molar-refractivity contribution in [2.75, 3.05) is 11.9 Å². The summed E-state index contributed by atoms with van der Waals surface area (Å²) in [6, 6.07) is 14.6. The largest absolute Gasteiger partial charge is 0.384 e. The Morgan fingerprint density at radius 2 is 1.63 bits per heavy atom. The fourth-order valence-corrected chi connectivity index (χ4v) is 3.12. The van der Waals surface area contributed by atoms with Gasteiger partial charge in [0.1, 0.15) is 0 Å². The SMILES string of the molecule is CCNc1c2ccccc2c(Cl)c2c(C)cccc12. The lowest BCUT2D eigenvalue weighted by Gasteiger charge is -2.15. The van der Waals surface area contributed by atoms with Crippen LogP contribution in [0, 0.1) is 6.92 Å². The van der Waals surface area contributed by atoms with Gasteiger partial charge in [0.2, 0.25) is 0 Å². The first kappa shape index (κ1) is 12.3. The molecule has 0 atom stereocenters. The second-order valence-corrected chi connectivity index (χ2v) is 5.14. The Morgan fingerprint density at radius 1 is 0.947 bits per heavy atom. The summed E-state index contributed by atoms with van der Waals surface area (Å²) in [7, 11) is 0. The molecule has 0 heterocycles. The van der Waals surface area contributed by atoms with Crippen LogP contribution in [0.1, 0.15) is 12.5 Å². The number of hydrogen-bond acceptors (Lipinski definition) is 1. The van der Waals surface area contributed by atoms with Crippen molar-refractivity contribution in [3.05, 3.63) is 53.1 Å². The molecule has 0 aliphatic rings. The first-order valence-corrected chi connectivity index (χ1v) is 6.95. The summed E-state index contributed by atoms with van der Waals surface area (Å²) in [5.74, 6) is 0. The molecule has 3 rings (SSSR count). The fourth-order valence-electron chi connectivity index (χ4n) is 2.71. The molecule has 2 heteroatoms. The number of fused-ring (bicyclic) bond motifs is 2. The topological polar surface area (TPSA) is 12.0 Å². The van der Waals surface area contributed by atoms with E-state index in [0.717, 1.165) is 22.3 Å². The van der Waals surface area contributed by atoms with E-state index in [4.69, 9.17) is 11.6 Å². The first-order valence-electron chi connectivity index (χ1n) is 6.57. The van der Waals surface area contributed by atoms with Crippen LogP contribution in [-0.2, 0) is 0 Å². The molecule has 0 spiro atoms. The predicted molar refractivity (Wildman–Crippen MR) is 85.4 cm³/mol. The molecule has 96 valence electrons. The summed E-state index contributed by atoms with van der Waals surface area (Å²) in [5, 5.41) is 8.99. The minimum Gasteiger partial charge on any atom is -0.384 e. The van der Waals surface area contributed by atoms with Crippen LogP contribution < -0.4 is 5.32 Å². The van der Waals surface area contributed by atoms with Gasteiger partial charge in [-0.25, -0.2) is 0 Å². The molecule has 3 aromatic carbocycles.